The number of rotatable bonds is 1. The van der Waals surface area contributed by atoms with Crippen LogP contribution in [0.25, 0.3) is 0 Å². The number of benzene rings is 1. The van der Waals surface area contributed by atoms with E-state index in [1.165, 1.54) is 11.1 Å². The summed E-state index contributed by atoms with van der Waals surface area (Å²) in [6, 6.07) is 9.04. The predicted octanol–water partition coefficient (Wildman–Crippen LogP) is 1.87. The summed E-state index contributed by atoms with van der Waals surface area (Å²) in [5.41, 5.74) is 2.88. The van der Waals surface area contributed by atoms with E-state index in [4.69, 9.17) is 5.84 Å². The van der Waals surface area contributed by atoms with Gasteiger partial charge in [-0.3, -0.25) is 5.84 Å². The lowest BCUT2D eigenvalue weighted by Crippen LogP contribution is -2.40. The van der Waals surface area contributed by atoms with Crippen LogP contribution in [0.2, 0.25) is 0 Å². The van der Waals surface area contributed by atoms with Gasteiger partial charge >= 0.3 is 0 Å². The van der Waals surface area contributed by atoms with Crippen LogP contribution in [0.15, 0.2) is 24.3 Å². The molecule has 2 N–H and O–H groups in total. The van der Waals surface area contributed by atoms with Gasteiger partial charge in [-0.2, -0.15) is 0 Å². The van der Waals surface area contributed by atoms with Crippen LogP contribution < -0.4 is 5.84 Å². The van der Waals surface area contributed by atoms with Crippen LogP contribution in [0.4, 0.5) is 0 Å². The van der Waals surface area contributed by atoms with Gasteiger partial charge in [-0.1, -0.05) is 31.2 Å². The van der Waals surface area contributed by atoms with E-state index in [9.17, 15) is 0 Å². The highest BCUT2D eigenvalue weighted by atomic mass is 15.4. The van der Waals surface area contributed by atoms with Crippen molar-refractivity contribution in [3.8, 4) is 0 Å². The topological polar surface area (TPSA) is 29.3 Å². The van der Waals surface area contributed by atoms with Gasteiger partial charge in [0.2, 0.25) is 0 Å². The molecule has 0 spiro atoms. The second-order valence-electron chi connectivity index (χ2n) is 3.61. The molecule has 70 valence electrons. The summed E-state index contributed by atoms with van der Waals surface area (Å²) in [7, 11) is 0. The molecule has 2 rings (SSSR count). The molecule has 1 atom stereocenters. The molecule has 2 heteroatoms. The molecule has 2 nitrogen and oxygen atoms in total. The van der Waals surface area contributed by atoms with Gasteiger partial charge in [0.1, 0.15) is 0 Å². The van der Waals surface area contributed by atoms with Crippen molar-refractivity contribution >= 4 is 0 Å². The van der Waals surface area contributed by atoms with Crippen molar-refractivity contribution in [1.82, 2.24) is 5.01 Å². The number of hydrazine groups is 1. The van der Waals surface area contributed by atoms with Crippen molar-refractivity contribution in [2.45, 2.75) is 25.8 Å². The third-order valence-corrected chi connectivity index (χ3v) is 2.84. The van der Waals surface area contributed by atoms with Crippen LogP contribution in [-0.2, 0) is 6.42 Å². The van der Waals surface area contributed by atoms with Crippen molar-refractivity contribution in [3.05, 3.63) is 35.4 Å². The normalized spacial score (nSPS) is 22.8. The van der Waals surface area contributed by atoms with Gasteiger partial charge in [0.05, 0.1) is 0 Å². The quantitative estimate of drug-likeness (QED) is 0.662. The number of fused-ring (bicyclic) bond motifs is 1. The number of hydrogen-bond donors (Lipinski definition) is 1. The summed E-state index contributed by atoms with van der Waals surface area (Å²) in [5.74, 6) is 5.94. The Hall–Kier alpha value is -0.860. The van der Waals surface area contributed by atoms with Crippen LogP contribution >= 0.6 is 0 Å². The third kappa shape index (κ3) is 1.47. The maximum Gasteiger partial charge on any atom is 0.0490 e. The van der Waals surface area contributed by atoms with E-state index in [-0.39, 0.29) is 0 Å². The second-order valence-corrected chi connectivity index (χ2v) is 3.61. The van der Waals surface area contributed by atoms with Crippen molar-refractivity contribution in [1.29, 1.82) is 0 Å². The Morgan fingerprint density at radius 2 is 2.23 bits per heavy atom. The molecule has 0 amide bonds. The Morgan fingerprint density at radius 1 is 1.46 bits per heavy atom. The lowest BCUT2D eigenvalue weighted by molar-refractivity contribution is 0.184. The molecule has 0 saturated heterocycles. The standard InChI is InChI=1S/C11H16N2/c1-2-11-10-6-4-3-5-9(10)7-8-13(11)12/h3-6,11H,2,7-8,12H2,1H3/t11-/m0/s1. The molecular formula is C11H16N2. The van der Waals surface area contributed by atoms with Crippen LogP contribution in [0.5, 0.6) is 0 Å². The largest absolute Gasteiger partial charge is 0.268 e. The van der Waals surface area contributed by atoms with E-state index in [0.717, 1.165) is 19.4 Å². The minimum Gasteiger partial charge on any atom is -0.268 e. The molecule has 0 bridgehead atoms. The summed E-state index contributed by atoms with van der Waals surface area (Å²) in [6.45, 7) is 3.17. The summed E-state index contributed by atoms with van der Waals surface area (Å²) in [5, 5.41) is 1.96. The van der Waals surface area contributed by atoms with E-state index in [1.807, 2.05) is 5.01 Å². The molecule has 1 aromatic carbocycles. The van der Waals surface area contributed by atoms with Crippen molar-refractivity contribution in [2.24, 2.45) is 5.84 Å². The molecule has 1 aromatic rings. The average molecular weight is 176 g/mol. The Morgan fingerprint density at radius 3 is 3.00 bits per heavy atom. The molecule has 1 heterocycles. The van der Waals surface area contributed by atoms with Crippen molar-refractivity contribution in [3.63, 3.8) is 0 Å². The fourth-order valence-electron chi connectivity index (χ4n) is 2.13. The first-order chi connectivity index (χ1) is 6.33. The molecule has 13 heavy (non-hydrogen) atoms. The monoisotopic (exact) mass is 176 g/mol. The smallest absolute Gasteiger partial charge is 0.0490 e. The first-order valence-corrected chi connectivity index (χ1v) is 4.92. The molecule has 0 radical (unpaired) electrons. The molecule has 0 fully saturated rings. The molecule has 1 aliphatic heterocycles. The molecule has 0 aliphatic carbocycles. The SMILES string of the molecule is CC[C@H]1c2ccccc2CCN1N. The average Bonchev–Trinajstić information content (AvgIpc) is 2.18. The highest BCUT2D eigenvalue weighted by Crippen LogP contribution is 2.29. The van der Waals surface area contributed by atoms with Gasteiger partial charge in [-0.25, -0.2) is 5.01 Å². The van der Waals surface area contributed by atoms with E-state index in [2.05, 4.69) is 31.2 Å². The van der Waals surface area contributed by atoms with E-state index < -0.39 is 0 Å². The summed E-state index contributed by atoms with van der Waals surface area (Å²) in [4.78, 5) is 0. The summed E-state index contributed by atoms with van der Waals surface area (Å²) in [6.07, 6.45) is 2.18. The maximum absolute atomic E-state index is 5.94. The zero-order valence-electron chi connectivity index (χ0n) is 8.03. The van der Waals surface area contributed by atoms with Gasteiger partial charge in [0.25, 0.3) is 0 Å². The summed E-state index contributed by atoms with van der Waals surface area (Å²) < 4.78 is 0. The Labute approximate surface area is 79.3 Å². The Bertz CT molecular complexity index is 296. The molecule has 0 aromatic heterocycles. The van der Waals surface area contributed by atoms with E-state index in [1.54, 1.807) is 0 Å². The molecule has 1 aliphatic rings. The van der Waals surface area contributed by atoms with Crippen LogP contribution in [-0.4, -0.2) is 11.6 Å². The molecule has 0 unspecified atom stereocenters. The fourth-order valence-corrected chi connectivity index (χ4v) is 2.13. The zero-order valence-corrected chi connectivity index (χ0v) is 8.03. The van der Waals surface area contributed by atoms with E-state index in [0.29, 0.717) is 6.04 Å². The van der Waals surface area contributed by atoms with Gasteiger partial charge in [-0.05, 0) is 24.0 Å². The van der Waals surface area contributed by atoms with Gasteiger partial charge in [-0.15, -0.1) is 0 Å². The fraction of sp³-hybridized carbons (Fsp3) is 0.455. The van der Waals surface area contributed by atoms with E-state index >= 15 is 0 Å². The summed E-state index contributed by atoms with van der Waals surface area (Å²) >= 11 is 0. The first kappa shape index (κ1) is 8.73. The van der Waals surface area contributed by atoms with Gasteiger partial charge < -0.3 is 0 Å². The third-order valence-electron chi connectivity index (χ3n) is 2.84. The van der Waals surface area contributed by atoms with Gasteiger partial charge in [0, 0.05) is 12.6 Å². The first-order valence-electron chi connectivity index (χ1n) is 4.92. The van der Waals surface area contributed by atoms with Crippen LogP contribution in [0.3, 0.4) is 0 Å². The minimum atomic E-state index is 0.421. The second kappa shape index (κ2) is 3.48. The van der Waals surface area contributed by atoms with Gasteiger partial charge in [0.15, 0.2) is 0 Å². The Balaban J connectivity index is 2.39. The highest BCUT2D eigenvalue weighted by molar-refractivity contribution is 5.32. The highest BCUT2D eigenvalue weighted by Gasteiger charge is 2.22. The van der Waals surface area contributed by atoms with Crippen molar-refractivity contribution < 1.29 is 0 Å². The van der Waals surface area contributed by atoms with Crippen LogP contribution in [0, 0.1) is 0 Å². The lowest BCUT2D eigenvalue weighted by Gasteiger charge is -2.33. The number of nitrogens with two attached hydrogens (primary N) is 1. The lowest BCUT2D eigenvalue weighted by atomic mass is 9.92. The Kier molecular flexibility index (Phi) is 2.34. The minimum absolute atomic E-state index is 0.421. The number of hydrogen-bond acceptors (Lipinski definition) is 2. The zero-order chi connectivity index (χ0) is 9.26. The number of nitrogens with zero attached hydrogens (tertiary/aromatic N) is 1. The van der Waals surface area contributed by atoms with Crippen molar-refractivity contribution in [2.75, 3.05) is 6.54 Å². The predicted molar refractivity (Wildman–Crippen MR) is 54.1 cm³/mol. The molecule has 0 saturated carbocycles. The molecular weight excluding hydrogens is 160 g/mol. The van der Waals surface area contributed by atoms with Crippen LogP contribution in [0.1, 0.15) is 30.5 Å². The maximum atomic E-state index is 5.94.